The number of hydrogen-bond acceptors (Lipinski definition) is 2. The average molecular weight is 224 g/mol. The van der Waals surface area contributed by atoms with Gasteiger partial charge in [0.05, 0.1) is 0 Å². The summed E-state index contributed by atoms with van der Waals surface area (Å²) in [6.45, 7) is 7.05. The summed E-state index contributed by atoms with van der Waals surface area (Å²) in [6, 6.07) is 0.351. The molecule has 0 saturated carbocycles. The topological polar surface area (TPSA) is 41.6 Å². The van der Waals surface area contributed by atoms with Gasteiger partial charge in [-0.3, -0.25) is 0 Å². The maximum Gasteiger partial charge on any atom is 0.317 e. The lowest BCUT2D eigenvalue weighted by Gasteiger charge is -2.31. The lowest BCUT2D eigenvalue weighted by molar-refractivity contribution is 0.0780. The molecule has 0 aromatic carbocycles. The maximum absolute atomic E-state index is 11.9. The maximum atomic E-state index is 11.9. The van der Waals surface area contributed by atoms with E-state index in [1.165, 1.54) is 0 Å². The number of rotatable bonds is 1. The molecule has 2 heterocycles. The van der Waals surface area contributed by atoms with Gasteiger partial charge in [-0.2, -0.15) is 0 Å². The molecule has 4 heteroatoms. The van der Waals surface area contributed by atoms with Crippen LogP contribution in [0.25, 0.3) is 0 Å². The number of ether oxygens (including phenoxy) is 1. The Morgan fingerprint density at radius 1 is 1.44 bits per heavy atom. The first-order valence-corrected chi connectivity index (χ1v) is 6.05. The third kappa shape index (κ3) is 2.98. The van der Waals surface area contributed by atoms with Crippen molar-refractivity contribution in [2.45, 2.75) is 31.7 Å². The molecule has 2 rings (SSSR count). The van der Waals surface area contributed by atoms with E-state index in [0.717, 1.165) is 57.6 Å². The summed E-state index contributed by atoms with van der Waals surface area (Å²) in [5.74, 6) is 0. The number of amides is 2. The summed E-state index contributed by atoms with van der Waals surface area (Å²) in [6.07, 6.45) is 3.96. The summed E-state index contributed by atoms with van der Waals surface area (Å²) < 4.78 is 5.26. The van der Waals surface area contributed by atoms with E-state index in [2.05, 4.69) is 11.9 Å². The van der Waals surface area contributed by atoms with Crippen LogP contribution in [0.2, 0.25) is 0 Å². The first kappa shape index (κ1) is 11.5. The highest BCUT2D eigenvalue weighted by molar-refractivity contribution is 5.75. The number of nitrogens with zero attached hydrogens (tertiary/aromatic N) is 1. The molecule has 0 aromatic rings. The molecule has 0 atom stereocenters. The largest absolute Gasteiger partial charge is 0.381 e. The highest BCUT2D eigenvalue weighted by atomic mass is 16.5. The second-order valence-electron chi connectivity index (χ2n) is 4.61. The van der Waals surface area contributed by atoms with Crippen LogP contribution in [0.1, 0.15) is 25.7 Å². The van der Waals surface area contributed by atoms with Crippen LogP contribution in [-0.4, -0.2) is 43.3 Å². The van der Waals surface area contributed by atoms with Crippen molar-refractivity contribution >= 4 is 6.03 Å². The van der Waals surface area contributed by atoms with Crippen LogP contribution in [0.4, 0.5) is 4.79 Å². The van der Waals surface area contributed by atoms with Gasteiger partial charge in [0.25, 0.3) is 0 Å². The van der Waals surface area contributed by atoms with Gasteiger partial charge in [-0.05, 0) is 25.7 Å². The van der Waals surface area contributed by atoms with Gasteiger partial charge in [-0.25, -0.2) is 4.79 Å². The van der Waals surface area contributed by atoms with E-state index in [-0.39, 0.29) is 12.1 Å². The molecular formula is C12H20N2O2. The molecule has 0 aliphatic carbocycles. The van der Waals surface area contributed by atoms with Crippen molar-refractivity contribution in [2.75, 3.05) is 26.3 Å². The quantitative estimate of drug-likeness (QED) is 0.686. The molecule has 0 radical (unpaired) electrons. The molecule has 0 bridgehead atoms. The van der Waals surface area contributed by atoms with Gasteiger partial charge in [0.15, 0.2) is 0 Å². The van der Waals surface area contributed by atoms with Crippen molar-refractivity contribution in [1.29, 1.82) is 0 Å². The van der Waals surface area contributed by atoms with Gasteiger partial charge in [-0.15, -0.1) is 0 Å². The van der Waals surface area contributed by atoms with Crippen LogP contribution in [0.3, 0.4) is 0 Å². The Hall–Kier alpha value is -1.03. The SMILES string of the molecule is C=C1CCCN(C(=O)NC2CCOCC2)C1. The first-order valence-electron chi connectivity index (χ1n) is 6.05. The normalized spacial score (nSPS) is 23.2. The number of piperidine rings is 1. The van der Waals surface area contributed by atoms with E-state index in [1.54, 1.807) is 0 Å². The minimum absolute atomic E-state index is 0.0627. The Labute approximate surface area is 96.6 Å². The van der Waals surface area contributed by atoms with Gasteiger partial charge in [-0.1, -0.05) is 12.2 Å². The van der Waals surface area contributed by atoms with Gasteiger partial charge in [0.2, 0.25) is 0 Å². The second-order valence-corrected chi connectivity index (χ2v) is 4.61. The number of hydrogen-bond donors (Lipinski definition) is 1. The van der Waals surface area contributed by atoms with Gasteiger partial charge in [0, 0.05) is 32.3 Å². The molecular weight excluding hydrogens is 204 g/mol. The standard InChI is InChI=1S/C12H20N2O2/c1-10-3-2-6-14(9-10)12(15)13-11-4-7-16-8-5-11/h11H,1-9H2,(H,13,15). The van der Waals surface area contributed by atoms with E-state index in [9.17, 15) is 4.79 Å². The van der Waals surface area contributed by atoms with Gasteiger partial charge < -0.3 is 15.0 Å². The van der Waals surface area contributed by atoms with Crippen LogP contribution in [-0.2, 0) is 4.74 Å². The Morgan fingerprint density at radius 3 is 2.88 bits per heavy atom. The Kier molecular flexibility index (Phi) is 3.83. The number of likely N-dealkylation sites (tertiary alicyclic amines) is 1. The van der Waals surface area contributed by atoms with Crippen LogP contribution in [0.15, 0.2) is 12.2 Å². The van der Waals surface area contributed by atoms with E-state index >= 15 is 0 Å². The predicted molar refractivity (Wildman–Crippen MR) is 62.3 cm³/mol. The summed E-state index contributed by atoms with van der Waals surface area (Å²) in [5, 5.41) is 3.08. The lowest BCUT2D eigenvalue weighted by Crippen LogP contribution is -2.48. The molecule has 2 amide bonds. The van der Waals surface area contributed by atoms with Crippen molar-refractivity contribution in [3.63, 3.8) is 0 Å². The van der Waals surface area contributed by atoms with E-state index < -0.39 is 0 Å². The molecule has 1 N–H and O–H groups in total. The van der Waals surface area contributed by atoms with Crippen LogP contribution >= 0.6 is 0 Å². The van der Waals surface area contributed by atoms with Crippen molar-refractivity contribution in [3.8, 4) is 0 Å². The third-order valence-electron chi connectivity index (χ3n) is 3.21. The molecule has 2 saturated heterocycles. The van der Waals surface area contributed by atoms with Crippen LogP contribution in [0.5, 0.6) is 0 Å². The second kappa shape index (κ2) is 5.34. The molecule has 2 aliphatic rings. The van der Waals surface area contributed by atoms with Crippen molar-refractivity contribution < 1.29 is 9.53 Å². The fourth-order valence-corrected chi connectivity index (χ4v) is 2.23. The molecule has 0 unspecified atom stereocenters. The molecule has 4 nitrogen and oxygen atoms in total. The molecule has 90 valence electrons. The minimum atomic E-state index is 0.0627. The Balaban J connectivity index is 1.79. The van der Waals surface area contributed by atoms with Crippen LogP contribution in [0, 0.1) is 0 Å². The Morgan fingerprint density at radius 2 is 2.19 bits per heavy atom. The zero-order chi connectivity index (χ0) is 11.4. The monoisotopic (exact) mass is 224 g/mol. The average Bonchev–Trinajstić information content (AvgIpc) is 2.30. The molecule has 16 heavy (non-hydrogen) atoms. The predicted octanol–water partition coefficient (Wildman–Crippen LogP) is 1.53. The number of carbonyl (C=O) groups is 1. The number of nitrogens with one attached hydrogen (secondary N) is 1. The molecule has 0 aromatic heterocycles. The van der Waals surface area contributed by atoms with Crippen LogP contribution < -0.4 is 5.32 Å². The summed E-state index contributed by atoms with van der Waals surface area (Å²) in [5.41, 5.74) is 1.16. The molecule has 0 spiro atoms. The third-order valence-corrected chi connectivity index (χ3v) is 3.21. The van der Waals surface area contributed by atoms with Gasteiger partial charge in [0.1, 0.15) is 0 Å². The smallest absolute Gasteiger partial charge is 0.317 e. The van der Waals surface area contributed by atoms with Gasteiger partial charge >= 0.3 is 6.03 Å². The zero-order valence-electron chi connectivity index (χ0n) is 9.71. The lowest BCUT2D eigenvalue weighted by atomic mass is 10.1. The fraction of sp³-hybridized carbons (Fsp3) is 0.750. The summed E-state index contributed by atoms with van der Waals surface area (Å²) >= 11 is 0. The van der Waals surface area contributed by atoms with E-state index in [1.807, 2.05) is 4.90 Å². The van der Waals surface area contributed by atoms with Crippen molar-refractivity contribution in [3.05, 3.63) is 12.2 Å². The highest BCUT2D eigenvalue weighted by Gasteiger charge is 2.22. The first-order chi connectivity index (χ1) is 7.75. The highest BCUT2D eigenvalue weighted by Crippen LogP contribution is 2.14. The molecule has 2 aliphatic heterocycles. The molecule has 2 fully saturated rings. The number of urea groups is 1. The minimum Gasteiger partial charge on any atom is -0.381 e. The van der Waals surface area contributed by atoms with E-state index in [4.69, 9.17) is 4.74 Å². The summed E-state index contributed by atoms with van der Waals surface area (Å²) in [7, 11) is 0. The fourth-order valence-electron chi connectivity index (χ4n) is 2.23. The Bertz CT molecular complexity index is 272. The van der Waals surface area contributed by atoms with Crippen molar-refractivity contribution in [1.82, 2.24) is 10.2 Å². The zero-order valence-corrected chi connectivity index (χ0v) is 9.71. The number of carbonyl (C=O) groups excluding carboxylic acids is 1. The van der Waals surface area contributed by atoms with Crippen molar-refractivity contribution in [2.24, 2.45) is 0 Å². The van der Waals surface area contributed by atoms with E-state index in [0.29, 0.717) is 0 Å². The summed E-state index contributed by atoms with van der Waals surface area (Å²) in [4.78, 5) is 13.8.